The van der Waals surface area contributed by atoms with Crippen molar-refractivity contribution in [1.82, 2.24) is 4.90 Å². The van der Waals surface area contributed by atoms with E-state index in [1.165, 1.54) is 39.2 Å². The molecule has 0 radical (unpaired) electrons. The van der Waals surface area contributed by atoms with Crippen molar-refractivity contribution in [3.05, 3.63) is 83.9 Å². The summed E-state index contributed by atoms with van der Waals surface area (Å²) in [5.74, 6) is 2.05. The van der Waals surface area contributed by atoms with Gasteiger partial charge in [0.05, 0.1) is 12.7 Å². The lowest BCUT2D eigenvalue weighted by Gasteiger charge is -2.27. The summed E-state index contributed by atoms with van der Waals surface area (Å²) >= 11 is 0. The fraction of sp³-hybridized carbons (Fsp3) is 0.310. The first-order valence-corrected chi connectivity index (χ1v) is 12.1. The number of para-hydroxylation sites is 1. The molecule has 0 saturated heterocycles. The van der Waals surface area contributed by atoms with Gasteiger partial charge < -0.3 is 19.7 Å². The number of methoxy groups -OCH3 is 1. The predicted molar refractivity (Wildman–Crippen MR) is 137 cm³/mol. The summed E-state index contributed by atoms with van der Waals surface area (Å²) in [6, 6.07) is 21.5. The lowest BCUT2D eigenvalue weighted by molar-refractivity contribution is 0.0757. The number of carbonyl (C=O) groups excluding carboxylic acids is 2. The lowest BCUT2D eigenvalue weighted by atomic mass is 9.89. The van der Waals surface area contributed by atoms with Gasteiger partial charge in [-0.05, 0) is 67.3 Å². The third-order valence-electron chi connectivity index (χ3n) is 6.39. The Morgan fingerprint density at radius 2 is 1.60 bits per heavy atom. The minimum absolute atomic E-state index is 0.0701. The maximum absolute atomic E-state index is 13.1. The number of ether oxygens (including phenoxy) is 2. The maximum atomic E-state index is 13.1. The molecule has 0 aromatic heterocycles. The van der Waals surface area contributed by atoms with E-state index in [2.05, 4.69) is 5.32 Å². The van der Waals surface area contributed by atoms with Crippen LogP contribution in [0.15, 0.2) is 72.8 Å². The first kappa shape index (κ1) is 24.3. The summed E-state index contributed by atoms with van der Waals surface area (Å²) in [5, 5.41) is 2.88. The molecule has 6 nitrogen and oxygen atoms in total. The zero-order valence-corrected chi connectivity index (χ0v) is 20.3. The molecule has 3 aromatic carbocycles. The standard InChI is InChI=1S/C29H32N2O4/c1-31(20-21-9-5-3-6-10-21)29(33)26-18-15-23(19-27(26)34-2)30-28(32)22-13-16-25(17-14-22)35-24-11-7-4-8-12-24/h4,7-8,11-19,21H,3,5-6,9-10,20H2,1-2H3,(H,30,32). The number of hydrogen-bond acceptors (Lipinski definition) is 4. The van der Waals surface area contributed by atoms with Crippen molar-refractivity contribution in [1.29, 1.82) is 0 Å². The number of nitrogens with one attached hydrogen (secondary N) is 1. The van der Waals surface area contributed by atoms with Crippen LogP contribution in [0.25, 0.3) is 0 Å². The minimum Gasteiger partial charge on any atom is -0.496 e. The molecule has 1 aliphatic carbocycles. The molecule has 0 aliphatic heterocycles. The summed E-state index contributed by atoms with van der Waals surface area (Å²) in [6.45, 7) is 0.754. The summed E-state index contributed by atoms with van der Waals surface area (Å²) in [5.41, 5.74) is 1.55. The highest BCUT2D eigenvalue weighted by atomic mass is 16.5. The average molecular weight is 473 g/mol. The number of anilines is 1. The monoisotopic (exact) mass is 472 g/mol. The summed E-state index contributed by atoms with van der Waals surface area (Å²) < 4.78 is 11.3. The topological polar surface area (TPSA) is 67.9 Å². The van der Waals surface area contributed by atoms with E-state index >= 15 is 0 Å². The summed E-state index contributed by atoms with van der Waals surface area (Å²) in [7, 11) is 3.38. The van der Waals surface area contributed by atoms with Gasteiger partial charge in [-0.3, -0.25) is 9.59 Å². The third-order valence-corrected chi connectivity index (χ3v) is 6.39. The fourth-order valence-electron chi connectivity index (χ4n) is 4.49. The van der Waals surface area contributed by atoms with E-state index in [-0.39, 0.29) is 11.8 Å². The molecule has 0 spiro atoms. The van der Waals surface area contributed by atoms with Crippen molar-refractivity contribution in [2.24, 2.45) is 5.92 Å². The smallest absolute Gasteiger partial charge is 0.257 e. The first-order valence-electron chi connectivity index (χ1n) is 12.1. The molecule has 0 atom stereocenters. The van der Waals surface area contributed by atoms with Crippen LogP contribution in [0.3, 0.4) is 0 Å². The molecule has 1 aliphatic rings. The second kappa shape index (κ2) is 11.6. The van der Waals surface area contributed by atoms with Gasteiger partial charge in [-0.25, -0.2) is 0 Å². The molecule has 6 heteroatoms. The Hall–Kier alpha value is -3.80. The van der Waals surface area contributed by atoms with Crippen LogP contribution in [-0.4, -0.2) is 37.4 Å². The molecule has 1 fully saturated rings. The van der Waals surface area contributed by atoms with Gasteiger partial charge in [0.1, 0.15) is 17.2 Å². The van der Waals surface area contributed by atoms with E-state index in [1.54, 1.807) is 47.4 Å². The van der Waals surface area contributed by atoms with Gasteiger partial charge in [0.25, 0.3) is 11.8 Å². The molecule has 4 rings (SSSR count). The van der Waals surface area contributed by atoms with E-state index in [4.69, 9.17) is 9.47 Å². The van der Waals surface area contributed by atoms with Crippen molar-refractivity contribution in [3.63, 3.8) is 0 Å². The van der Waals surface area contributed by atoms with Crippen molar-refractivity contribution < 1.29 is 19.1 Å². The van der Waals surface area contributed by atoms with Crippen LogP contribution >= 0.6 is 0 Å². The quantitative estimate of drug-likeness (QED) is 0.412. The van der Waals surface area contributed by atoms with Crippen LogP contribution in [-0.2, 0) is 0 Å². The second-order valence-electron chi connectivity index (χ2n) is 9.00. The number of nitrogens with zero attached hydrogens (tertiary/aromatic N) is 1. The Kier molecular flexibility index (Phi) is 8.03. The van der Waals surface area contributed by atoms with Crippen LogP contribution in [0.4, 0.5) is 5.69 Å². The number of benzene rings is 3. The molecule has 1 N–H and O–H groups in total. The maximum Gasteiger partial charge on any atom is 0.257 e. The Labute approximate surface area is 206 Å². The molecular formula is C29H32N2O4. The van der Waals surface area contributed by atoms with E-state index in [1.807, 2.05) is 37.4 Å². The van der Waals surface area contributed by atoms with Gasteiger partial charge in [0.15, 0.2) is 0 Å². The van der Waals surface area contributed by atoms with E-state index in [0.717, 1.165) is 12.3 Å². The largest absolute Gasteiger partial charge is 0.496 e. The van der Waals surface area contributed by atoms with Gasteiger partial charge in [-0.2, -0.15) is 0 Å². The molecule has 2 amide bonds. The summed E-state index contributed by atoms with van der Waals surface area (Å²) in [4.78, 5) is 27.6. The van der Waals surface area contributed by atoms with E-state index in [0.29, 0.717) is 34.2 Å². The van der Waals surface area contributed by atoms with Crippen molar-refractivity contribution in [2.75, 3.05) is 26.0 Å². The molecule has 35 heavy (non-hydrogen) atoms. The molecule has 0 bridgehead atoms. The SMILES string of the molecule is COc1cc(NC(=O)c2ccc(Oc3ccccc3)cc2)ccc1C(=O)N(C)CC1CCCCC1. The molecule has 1 saturated carbocycles. The Morgan fingerprint density at radius 1 is 0.914 bits per heavy atom. The first-order chi connectivity index (χ1) is 17.0. The van der Waals surface area contributed by atoms with Crippen molar-refractivity contribution in [3.8, 4) is 17.2 Å². The van der Waals surface area contributed by atoms with Gasteiger partial charge in [-0.1, -0.05) is 37.5 Å². The van der Waals surface area contributed by atoms with E-state index in [9.17, 15) is 9.59 Å². The van der Waals surface area contributed by atoms with Crippen LogP contribution in [0, 0.1) is 5.92 Å². The van der Waals surface area contributed by atoms with Crippen LogP contribution in [0.1, 0.15) is 52.8 Å². The molecular weight excluding hydrogens is 440 g/mol. The fourth-order valence-corrected chi connectivity index (χ4v) is 4.49. The van der Waals surface area contributed by atoms with E-state index < -0.39 is 0 Å². The minimum atomic E-state index is -0.258. The normalized spacial score (nSPS) is 13.7. The Balaban J connectivity index is 1.39. The van der Waals surface area contributed by atoms with Crippen LogP contribution in [0.2, 0.25) is 0 Å². The molecule has 3 aromatic rings. The molecule has 0 unspecified atom stereocenters. The van der Waals surface area contributed by atoms with Crippen molar-refractivity contribution >= 4 is 17.5 Å². The Morgan fingerprint density at radius 3 is 2.29 bits per heavy atom. The van der Waals surface area contributed by atoms with Crippen molar-refractivity contribution in [2.45, 2.75) is 32.1 Å². The van der Waals surface area contributed by atoms with Gasteiger partial charge in [0.2, 0.25) is 0 Å². The average Bonchev–Trinajstić information content (AvgIpc) is 2.89. The second-order valence-corrected chi connectivity index (χ2v) is 9.00. The Bertz CT molecular complexity index is 1140. The zero-order chi connectivity index (χ0) is 24.6. The van der Waals surface area contributed by atoms with Gasteiger partial charge in [0, 0.05) is 30.9 Å². The number of rotatable bonds is 8. The zero-order valence-electron chi connectivity index (χ0n) is 20.3. The molecule has 182 valence electrons. The number of hydrogen-bond donors (Lipinski definition) is 1. The summed E-state index contributed by atoms with van der Waals surface area (Å²) in [6.07, 6.45) is 6.14. The predicted octanol–water partition coefficient (Wildman–Crippen LogP) is 6.39. The third kappa shape index (κ3) is 6.41. The lowest BCUT2D eigenvalue weighted by Crippen LogP contribution is -2.32. The molecule has 0 heterocycles. The number of carbonyl (C=O) groups is 2. The highest BCUT2D eigenvalue weighted by Crippen LogP contribution is 2.28. The van der Waals surface area contributed by atoms with Gasteiger partial charge >= 0.3 is 0 Å². The highest BCUT2D eigenvalue weighted by Gasteiger charge is 2.22. The van der Waals surface area contributed by atoms with Gasteiger partial charge in [-0.15, -0.1) is 0 Å². The van der Waals surface area contributed by atoms with Crippen LogP contribution < -0.4 is 14.8 Å². The number of amides is 2. The van der Waals surface area contributed by atoms with Crippen LogP contribution in [0.5, 0.6) is 17.2 Å². The highest BCUT2D eigenvalue weighted by molar-refractivity contribution is 6.05.